The lowest BCUT2D eigenvalue weighted by molar-refractivity contribution is -0.0209. The van der Waals surface area contributed by atoms with Crippen LogP contribution in [0.5, 0.6) is 0 Å². The largest absolute Gasteiger partial charge is 0.368 e. The molecule has 1 fully saturated rings. The predicted molar refractivity (Wildman–Crippen MR) is 71.4 cm³/mol. The molecule has 94 valence electrons. The standard InChI is InChI=1S/C12H16BrClN2O/c1-4-17-12(2,3)11-15-9(7-5-6-7)8(13)10(14)16-11/h7H,4-6H2,1-3H3. The molecule has 0 radical (unpaired) electrons. The van der Waals surface area contributed by atoms with Gasteiger partial charge in [0.2, 0.25) is 0 Å². The monoisotopic (exact) mass is 318 g/mol. The third-order valence-corrected chi connectivity index (χ3v) is 4.13. The first kappa shape index (κ1) is 13.2. The van der Waals surface area contributed by atoms with E-state index in [2.05, 4.69) is 25.9 Å². The van der Waals surface area contributed by atoms with E-state index in [-0.39, 0.29) is 0 Å². The van der Waals surface area contributed by atoms with Crippen LogP contribution in [-0.2, 0) is 10.3 Å². The summed E-state index contributed by atoms with van der Waals surface area (Å²) >= 11 is 9.61. The Bertz CT molecular complexity index is 433. The normalized spacial score (nSPS) is 16.3. The van der Waals surface area contributed by atoms with Crippen molar-refractivity contribution in [2.24, 2.45) is 0 Å². The van der Waals surface area contributed by atoms with E-state index < -0.39 is 5.60 Å². The number of hydrogen-bond donors (Lipinski definition) is 0. The van der Waals surface area contributed by atoms with Crippen LogP contribution in [0, 0.1) is 0 Å². The number of aromatic nitrogens is 2. The van der Waals surface area contributed by atoms with Gasteiger partial charge in [-0.25, -0.2) is 9.97 Å². The van der Waals surface area contributed by atoms with Crippen LogP contribution in [-0.4, -0.2) is 16.6 Å². The summed E-state index contributed by atoms with van der Waals surface area (Å²) in [5.74, 6) is 1.19. The highest BCUT2D eigenvalue weighted by Crippen LogP contribution is 2.44. The second-order valence-corrected chi connectivity index (χ2v) is 5.91. The van der Waals surface area contributed by atoms with Gasteiger partial charge in [0.15, 0.2) is 5.82 Å². The van der Waals surface area contributed by atoms with Gasteiger partial charge in [0.25, 0.3) is 0 Å². The van der Waals surface area contributed by atoms with E-state index in [4.69, 9.17) is 16.3 Å². The summed E-state index contributed by atoms with van der Waals surface area (Å²) in [4.78, 5) is 8.93. The van der Waals surface area contributed by atoms with E-state index in [1.807, 2.05) is 20.8 Å². The van der Waals surface area contributed by atoms with Crippen molar-refractivity contribution in [2.45, 2.75) is 45.1 Å². The van der Waals surface area contributed by atoms with E-state index in [9.17, 15) is 0 Å². The zero-order valence-corrected chi connectivity index (χ0v) is 12.6. The fourth-order valence-electron chi connectivity index (χ4n) is 1.76. The summed E-state index contributed by atoms with van der Waals surface area (Å²) in [6.07, 6.45) is 2.36. The van der Waals surface area contributed by atoms with Gasteiger partial charge in [-0.15, -0.1) is 0 Å². The van der Waals surface area contributed by atoms with Crippen LogP contribution in [0.4, 0.5) is 0 Å². The van der Waals surface area contributed by atoms with Crippen molar-refractivity contribution in [3.63, 3.8) is 0 Å². The minimum atomic E-state index is -0.497. The molecule has 0 N–H and O–H groups in total. The zero-order valence-electron chi connectivity index (χ0n) is 10.3. The molecule has 1 saturated carbocycles. The molecule has 0 bridgehead atoms. The van der Waals surface area contributed by atoms with Crippen molar-refractivity contribution in [2.75, 3.05) is 6.61 Å². The molecule has 1 aliphatic carbocycles. The van der Waals surface area contributed by atoms with Gasteiger partial charge in [0.1, 0.15) is 10.8 Å². The molecule has 0 amide bonds. The quantitative estimate of drug-likeness (QED) is 0.786. The topological polar surface area (TPSA) is 35.0 Å². The summed E-state index contributed by atoms with van der Waals surface area (Å²) in [7, 11) is 0. The molecule has 3 nitrogen and oxygen atoms in total. The molecule has 0 aromatic carbocycles. The summed E-state index contributed by atoms with van der Waals surface area (Å²) < 4.78 is 6.50. The zero-order chi connectivity index (χ0) is 12.6. The SMILES string of the molecule is CCOC(C)(C)c1nc(Cl)c(Br)c(C2CC2)n1. The van der Waals surface area contributed by atoms with Crippen molar-refractivity contribution >= 4 is 27.5 Å². The fourth-order valence-corrected chi connectivity index (χ4v) is 2.44. The number of nitrogens with zero attached hydrogens (tertiary/aromatic N) is 2. The van der Waals surface area contributed by atoms with Gasteiger partial charge in [-0.3, -0.25) is 0 Å². The van der Waals surface area contributed by atoms with Crippen molar-refractivity contribution in [1.29, 1.82) is 0 Å². The van der Waals surface area contributed by atoms with Gasteiger partial charge in [0.05, 0.1) is 10.2 Å². The van der Waals surface area contributed by atoms with E-state index in [1.165, 1.54) is 12.8 Å². The fraction of sp³-hybridized carbons (Fsp3) is 0.667. The molecule has 1 aromatic rings. The van der Waals surface area contributed by atoms with Crippen LogP contribution in [0.2, 0.25) is 5.15 Å². The average Bonchev–Trinajstić information content (AvgIpc) is 3.05. The highest BCUT2D eigenvalue weighted by Gasteiger charge is 2.32. The van der Waals surface area contributed by atoms with E-state index in [0.717, 1.165) is 10.2 Å². The first-order valence-corrected chi connectivity index (χ1v) is 7.00. The number of halogens is 2. The van der Waals surface area contributed by atoms with Gasteiger partial charge in [-0.05, 0) is 49.5 Å². The Morgan fingerprint density at radius 3 is 2.59 bits per heavy atom. The maximum absolute atomic E-state index is 6.14. The second kappa shape index (κ2) is 4.82. The molecular formula is C12H16BrClN2O. The van der Waals surface area contributed by atoms with Crippen LogP contribution in [0.3, 0.4) is 0 Å². The number of ether oxygens (including phenoxy) is 1. The third-order valence-electron chi connectivity index (χ3n) is 2.84. The van der Waals surface area contributed by atoms with Gasteiger partial charge in [-0.2, -0.15) is 0 Å². The molecule has 1 aromatic heterocycles. The Balaban J connectivity index is 2.41. The Morgan fingerprint density at radius 1 is 1.41 bits per heavy atom. The van der Waals surface area contributed by atoms with E-state index in [1.54, 1.807) is 0 Å². The summed E-state index contributed by atoms with van der Waals surface area (Å²) in [6, 6.07) is 0. The van der Waals surface area contributed by atoms with Crippen molar-refractivity contribution in [3.8, 4) is 0 Å². The summed E-state index contributed by atoms with van der Waals surface area (Å²) in [5.41, 5.74) is 0.524. The Kier molecular flexibility index (Phi) is 3.76. The van der Waals surface area contributed by atoms with Crippen LogP contribution in [0.15, 0.2) is 4.47 Å². The van der Waals surface area contributed by atoms with Crippen LogP contribution in [0.25, 0.3) is 0 Å². The molecule has 0 unspecified atom stereocenters. The molecule has 0 saturated heterocycles. The van der Waals surface area contributed by atoms with Crippen molar-refractivity contribution < 1.29 is 4.74 Å². The Labute approximate surface area is 115 Å². The first-order chi connectivity index (χ1) is 7.95. The lowest BCUT2D eigenvalue weighted by atomic mass is 10.1. The van der Waals surface area contributed by atoms with Gasteiger partial charge in [-0.1, -0.05) is 11.6 Å². The smallest absolute Gasteiger partial charge is 0.161 e. The molecule has 1 aliphatic rings. The van der Waals surface area contributed by atoms with Crippen LogP contribution < -0.4 is 0 Å². The van der Waals surface area contributed by atoms with E-state index >= 15 is 0 Å². The van der Waals surface area contributed by atoms with Crippen molar-refractivity contribution in [3.05, 3.63) is 21.1 Å². The Morgan fingerprint density at radius 2 is 2.06 bits per heavy atom. The molecular weight excluding hydrogens is 304 g/mol. The molecule has 0 spiro atoms. The average molecular weight is 320 g/mol. The van der Waals surface area contributed by atoms with Gasteiger partial charge < -0.3 is 4.74 Å². The molecule has 0 atom stereocenters. The Hall–Kier alpha value is -0.190. The van der Waals surface area contributed by atoms with Crippen LogP contribution >= 0.6 is 27.5 Å². The molecule has 0 aliphatic heterocycles. The number of rotatable bonds is 4. The molecule has 17 heavy (non-hydrogen) atoms. The predicted octanol–water partition coefficient (Wildman–Crippen LogP) is 4.04. The second-order valence-electron chi connectivity index (χ2n) is 4.75. The minimum Gasteiger partial charge on any atom is -0.368 e. The van der Waals surface area contributed by atoms with Gasteiger partial charge >= 0.3 is 0 Å². The van der Waals surface area contributed by atoms with Gasteiger partial charge in [0, 0.05) is 12.5 Å². The maximum atomic E-state index is 6.14. The van der Waals surface area contributed by atoms with Crippen LogP contribution in [0.1, 0.15) is 51.0 Å². The molecule has 2 rings (SSSR count). The summed E-state index contributed by atoms with van der Waals surface area (Å²) in [5, 5.41) is 0.477. The highest BCUT2D eigenvalue weighted by molar-refractivity contribution is 9.10. The van der Waals surface area contributed by atoms with E-state index in [0.29, 0.717) is 23.5 Å². The summed E-state index contributed by atoms with van der Waals surface area (Å²) in [6.45, 7) is 6.52. The lowest BCUT2D eigenvalue weighted by Crippen LogP contribution is -2.25. The lowest BCUT2D eigenvalue weighted by Gasteiger charge is -2.23. The minimum absolute atomic E-state index is 0.477. The maximum Gasteiger partial charge on any atom is 0.161 e. The highest BCUT2D eigenvalue weighted by atomic mass is 79.9. The first-order valence-electron chi connectivity index (χ1n) is 5.83. The number of hydrogen-bond acceptors (Lipinski definition) is 3. The van der Waals surface area contributed by atoms with Crippen molar-refractivity contribution in [1.82, 2.24) is 9.97 Å². The third kappa shape index (κ3) is 2.80. The molecule has 1 heterocycles. The molecule has 5 heteroatoms.